The number of nitrogens with zero attached hydrogens (tertiary/aromatic N) is 2. The molecular formula is C7H12N2. The van der Waals surface area contributed by atoms with E-state index in [0.29, 0.717) is 0 Å². The Labute approximate surface area is 56.0 Å². The molecule has 2 heteroatoms. The van der Waals surface area contributed by atoms with Crippen molar-refractivity contribution in [2.45, 2.75) is 13.3 Å². The van der Waals surface area contributed by atoms with Crippen molar-refractivity contribution in [3.8, 4) is 0 Å². The van der Waals surface area contributed by atoms with E-state index in [4.69, 9.17) is 0 Å². The zero-order chi connectivity index (χ0) is 6.95. The monoisotopic (exact) mass is 124 g/mol. The minimum Gasteiger partial charge on any atom is -0.190 e. The van der Waals surface area contributed by atoms with Crippen molar-refractivity contribution in [2.75, 3.05) is 6.54 Å². The molecule has 0 aromatic heterocycles. The van der Waals surface area contributed by atoms with Gasteiger partial charge in [0.15, 0.2) is 0 Å². The third-order valence-electron chi connectivity index (χ3n) is 0.698. The van der Waals surface area contributed by atoms with Crippen LogP contribution in [0, 0.1) is 0 Å². The fraction of sp³-hybridized carbons (Fsp3) is 0.429. The summed E-state index contributed by atoms with van der Waals surface area (Å²) in [4.78, 5) is 0. The molecule has 2 nitrogen and oxygen atoms in total. The molecule has 9 heavy (non-hydrogen) atoms. The Bertz CT molecular complexity index is 114. The van der Waals surface area contributed by atoms with Crippen LogP contribution >= 0.6 is 0 Å². The van der Waals surface area contributed by atoms with E-state index in [1.54, 1.807) is 6.20 Å². The van der Waals surface area contributed by atoms with Gasteiger partial charge in [0.1, 0.15) is 0 Å². The van der Waals surface area contributed by atoms with Gasteiger partial charge in [0.2, 0.25) is 0 Å². The van der Waals surface area contributed by atoms with E-state index in [-0.39, 0.29) is 0 Å². The van der Waals surface area contributed by atoms with E-state index in [1.807, 2.05) is 19.1 Å². The van der Waals surface area contributed by atoms with Crippen molar-refractivity contribution in [3.05, 3.63) is 24.9 Å². The van der Waals surface area contributed by atoms with Crippen LogP contribution in [-0.4, -0.2) is 6.54 Å². The highest BCUT2D eigenvalue weighted by Gasteiger charge is 1.65. The first kappa shape index (κ1) is 8.08. The average Bonchev–Trinajstić information content (AvgIpc) is 1.89. The highest BCUT2D eigenvalue weighted by atomic mass is 15.1. The first-order valence-corrected chi connectivity index (χ1v) is 3.04. The van der Waals surface area contributed by atoms with Crippen LogP contribution in [0.3, 0.4) is 0 Å². The van der Waals surface area contributed by atoms with Crippen LogP contribution < -0.4 is 0 Å². The molecule has 0 unspecified atom stereocenters. The maximum absolute atomic E-state index is 3.75. The third-order valence-corrected chi connectivity index (χ3v) is 0.698. The second kappa shape index (κ2) is 7.08. The molecule has 0 aromatic rings. The lowest BCUT2D eigenvalue weighted by molar-refractivity contribution is 0.999. The summed E-state index contributed by atoms with van der Waals surface area (Å²) in [6.07, 6.45) is 6.28. The van der Waals surface area contributed by atoms with Gasteiger partial charge < -0.3 is 0 Å². The van der Waals surface area contributed by atoms with Crippen LogP contribution in [0.5, 0.6) is 0 Å². The maximum Gasteiger partial charge on any atom is 0.0574 e. The summed E-state index contributed by atoms with van der Waals surface area (Å²) in [7, 11) is 0. The molecule has 0 spiro atoms. The van der Waals surface area contributed by atoms with Crippen molar-refractivity contribution in [1.82, 2.24) is 0 Å². The van der Waals surface area contributed by atoms with Crippen LogP contribution in [0.2, 0.25) is 0 Å². The summed E-state index contributed by atoms with van der Waals surface area (Å²) in [6.45, 7) is 6.25. The molecule has 0 rings (SSSR count). The second-order valence-corrected chi connectivity index (χ2v) is 1.48. The van der Waals surface area contributed by atoms with Gasteiger partial charge in [-0.15, -0.1) is 6.58 Å². The second-order valence-electron chi connectivity index (χ2n) is 1.48. The zero-order valence-electron chi connectivity index (χ0n) is 5.75. The van der Waals surface area contributed by atoms with Gasteiger partial charge in [-0.1, -0.05) is 12.2 Å². The van der Waals surface area contributed by atoms with Gasteiger partial charge in [-0.2, -0.15) is 10.2 Å². The van der Waals surface area contributed by atoms with Gasteiger partial charge in [0.25, 0.3) is 0 Å². The predicted octanol–water partition coefficient (Wildman–Crippen LogP) is 2.55. The minimum atomic E-state index is 0.748. The Balaban J connectivity index is 3.23. The van der Waals surface area contributed by atoms with E-state index in [9.17, 15) is 0 Å². The van der Waals surface area contributed by atoms with Gasteiger partial charge in [-0.05, 0) is 13.3 Å². The van der Waals surface area contributed by atoms with Crippen LogP contribution in [0.4, 0.5) is 0 Å². The zero-order valence-corrected chi connectivity index (χ0v) is 5.75. The standard InChI is InChI=1S/C7H12N2/c1-3-5-6-7-9-8-4-2/h3,6-7H,1,4-5H2,2H3/b7-6-,9-8?. The molecule has 0 radical (unpaired) electrons. The van der Waals surface area contributed by atoms with Crippen molar-refractivity contribution < 1.29 is 0 Å². The molecule has 0 saturated heterocycles. The lowest BCUT2D eigenvalue weighted by atomic mass is 10.4. The summed E-state index contributed by atoms with van der Waals surface area (Å²) < 4.78 is 0. The average molecular weight is 124 g/mol. The molecule has 0 aromatic carbocycles. The lowest BCUT2D eigenvalue weighted by Gasteiger charge is -1.75. The Morgan fingerprint density at radius 3 is 2.89 bits per heavy atom. The Kier molecular flexibility index (Phi) is 6.36. The molecule has 0 bridgehead atoms. The number of hydrogen-bond donors (Lipinski definition) is 0. The predicted molar refractivity (Wildman–Crippen MR) is 39.4 cm³/mol. The molecule has 0 aliphatic carbocycles. The van der Waals surface area contributed by atoms with Gasteiger partial charge in [-0.25, -0.2) is 0 Å². The molecule has 50 valence electrons. The molecule has 0 atom stereocenters. The summed E-state index contributed by atoms with van der Waals surface area (Å²) >= 11 is 0. The Morgan fingerprint density at radius 2 is 2.33 bits per heavy atom. The van der Waals surface area contributed by atoms with Crippen molar-refractivity contribution in [2.24, 2.45) is 10.2 Å². The van der Waals surface area contributed by atoms with Crippen LogP contribution in [0.15, 0.2) is 35.2 Å². The number of rotatable bonds is 4. The fourth-order valence-corrected chi connectivity index (χ4v) is 0.333. The van der Waals surface area contributed by atoms with Gasteiger partial charge >= 0.3 is 0 Å². The smallest absolute Gasteiger partial charge is 0.0574 e. The summed E-state index contributed by atoms with van der Waals surface area (Å²) in [5.74, 6) is 0. The van der Waals surface area contributed by atoms with Crippen LogP contribution in [0.25, 0.3) is 0 Å². The molecule has 0 aliphatic rings. The highest BCUT2D eigenvalue weighted by molar-refractivity contribution is 4.85. The molecule has 0 fully saturated rings. The molecule has 0 N–H and O–H groups in total. The maximum atomic E-state index is 3.75. The topological polar surface area (TPSA) is 24.7 Å². The first-order valence-electron chi connectivity index (χ1n) is 3.04. The first-order chi connectivity index (χ1) is 4.41. The van der Waals surface area contributed by atoms with Crippen LogP contribution in [-0.2, 0) is 0 Å². The normalized spacial score (nSPS) is 11.2. The van der Waals surface area contributed by atoms with E-state index < -0.39 is 0 Å². The summed E-state index contributed by atoms with van der Waals surface area (Å²) in [5, 5.41) is 7.47. The summed E-state index contributed by atoms with van der Waals surface area (Å²) in [5.41, 5.74) is 0. The molecule has 0 aliphatic heterocycles. The lowest BCUT2D eigenvalue weighted by Crippen LogP contribution is -1.60. The minimum absolute atomic E-state index is 0.748. The van der Waals surface area contributed by atoms with E-state index in [1.165, 1.54) is 0 Å². The summed E-state index contributed by atoms with van der Waals surface area (Å²) in [6, 6.07) is 0. The molecule has 0 saturated carbocycles. The Hall–Kier alpha value is -0.920. The van der Waals surface area contributed by atoms with Crippen molar-refractivity contribution in [3.63, 3.8) is 0 Å². The van der Waals surface area contributed by atoms with E-state index in [2.05, 4.69) is 16.8 Å². The highest BCUT2D eigenvalue weighted by Crippen LogP contribution is 1.84. The van der Waals surface area contributed by atoms with Gasteiger partial charge in [0, 0.05) is 6.20 Å². The van der Waals surface area contributed by atoms with Gasteiger partial charge in [-0.3, -0.25) is 0 Å². The molecular weight excluding hydrogens is 112 g/mol. The van der Waals surface area contributed by atoms with Gasteiger partial charge in [0.05, 0.1) is 6.54 Å². The quantitative estimate of drug-likeness (QED) is 0.406. The number of allylic oxidation sites excluding steroid dienone is 2. The largest absolute Gasteiger partial charge is 0.190 e. The molecule has 0 heterocycles. The van der Waals surface area contributed by atoms with E-state index in [0.717, 1.165) is 13.0 Å². The van der Waals surface area contributed by atoms with Crippen molar-refractivity contribution >= 4 is 0 Å². The fourth-order valence-electron chi connectivity index (χ4n) is 0.333. The Morgan fingerprint density at radius 1 is 1.56 bits per heavy atom. The third kappa shape index (κ3) is 7.08. The van der Waals surface area contributed by atoms with Crippen molar-refractivity contribution in [1.29, 1.82) is 0 Å². The van der Waals surface area contributed by atoms with E-state index >= 15 is 0 Å². The van der Waals surface area contributed by atoms with Crippen LogP contribution in [0.1, 0.15) is 13.3 Å². The number of hydrogen-bond acceptors (Lipinski definition) is 2. The number of azo groups is 1. The SMILES string of the molecule is C=CC/C=C\N=NCC. The molecule has 0 amide bonds.